The van der Waals surface area contributed by atoms with Crippen LogP contribution in [0.1, 0.15) is 31.7 Å². The second-order valence-corrected chi connectivity index (χ2v) is 8.74. The third kappa shape index (κ3) is 3.40. The van der Waals surface area contributed by atoms with Gasteiger partial charge >= 0.3 is 0 Å². The van der Waals surface area contributed by atoms with Gasteiger partial charge in [0, 0.05) is 5.69 Å². The first-order chi connectivity index (χ1) is 13.6. The van der Waals surface area contributed by atoms with Crippen molar-refractivity contribution in [2.45, 2.75) is 43.9 Å². The summed E-state index contributed by atoms with van der Waals surface area (Å²) in [5.41, 5.74) is 4.18. The molecule has 28 heavy (non-hydrogen) atoms. The van der Waals surface area contributed by atoms with Crippen LogP contribution in [0.4, 0.5) is 5.69 Å². The van der Waals surface area contributed by atoms with Crippen LogP contribution < -0.4 is 5.32 Å². The van der Waals surface area contributed by atoms with E-state index < -0.39 is 0 Å². The Hall–Kier alpha value is -2.38. The summed E-state index contributed by atoms with van der Waals surface area (Å²) in [6.45, 7) is 6.07. The average molecular weight is 411 g/mol. The number of amides is 1. The van der Waals surface area contributed by atoms with Crippen LogP contribution in [-0.2, 0) is 11.2 Å². The van der Waals surface area contributed by atoms with Gasteiger partial charge in [0.25, 0.3) is 0 Å². The number of carbonyl (C=O) groups excluding carboxylic acids is 1. The molecule has 0 saturated carbocycles. The second-order valence-electron chi connectivity index (χ2n) is 6.60. The highest BCUT2D eigenvalue weighted by Crippen LogP contribution is 2.33. The molecule has 0 aliphatic heterocycles. The van der Waals surface area contributed by atoms with E-state index in [4.69, 9.17) is 0 Å². The molecule has 4 aromatic rings. The molecular weight excluding hydrogens is 388 g/mol. The maximum absolute atomic E-state index is 13.0. The van der Waals surface area contributed by atoms with Crippen molar-refractivity contribution in [3.63, 3.8) is 0 Å². The van der Waals surface area contributed by atoms with Crippen molar-refractivity contribution in [3.8, 4) is 0 Å². The summed E-state index contributed by atoms with van der Waals surface area (Å²) >= 11 is 3.19. The third-order valence-electron chi connectivity index (χ3n) is 4.82. The SMILES string of the molecule is CCc1ccccc1NC(=O)[C@H](CC)Sc1nnc(C)n2c1cc1sccc12. The lowest BCUT2D eigenvalue weighted by atomic mass is 10.1. The lowest BCUT2D eigenvalue weighted by Crippen LogP contribution is -2.25. The Kier molecular flexibility index (Phi) is 5.37. The number of hydrogen-bond donors (Lipinski definition) is 1. The maximum atomic E-state index is 13.0. The average Bonchev–Trinajstić information content (AvgIpc) is 3.29. The fourth-order valence-corrected chi connectivity index (χ4v) is 5.11. The number of anilines is 1. The van der Waals surface area contributed by atoms with Crippen LogP contribution in [0.3, 0.4) is 0 Å². The topological polar surface area (TPSA) is 59.3 Å². The number of hydrogen-bond acceptors (Lipinski definition) is 5. The van der Waals surface area contributed by atoms with E-state index >= 15 is 0 Å². The first-order valence-corrected chi connectivity index (χ1v) is 11.2. The van der Waals surface area contributed by atoms with E-state index in [1.54, 1.807) is 11.3 Å². The molecule has 5 nitrogen and oxygen atoms in total. The van der Waals surface area contributed by atoms with Gasteiger partial charge in [-0.05, 0) is 48.9 Å². The highest BCUT2D eigenvalue weighted by molar-refractivity contribution is 8.00. The number of thiophene rings is 1. The third-order valence-corrected chi connectivity index (χ3v) is 7.02. The first-order valence-electron chi connectivity index (χ1n) is 9.39. The molecule has 7 heteroatoms. The molecular formula is C21H22N4OS2. The van der Waals surface area contributed by atoms with Crippen molar-refractivity contribution in [3.05, 3.63) is 53.2 Å². The predicted octanol–water partition coefficient (Wildman–Crippen LogP) is 5.32. The minimum atomic E-state index is -0.237. The van der Waals surface area contributed by atoms with Gasteiger partial charge in [0.05, 0.1) is 21.0 Å². The Balaban J connectivity index is 1.63. The molecule has 0 fully saturated rings. The molecule has 0 radical (unpaired) electrons. The molecule has 3 heterocycles. The molecule has 3 aromatic heterocycles. The van der Waals surface area contributed by atoms with E-state index in [2.05, 4.69) is 44.4 Å². The Morgan fingerprint density at radius 3 is 2.82 bits per heavy atom. The number of thioether (sulfide) groups is 1. The van der Waals surface area contributed by atoms with E-state index in [9.17, 15) is 4.79 Å². The number of carbonyl (C=O) groups is 1. The van der Waals surface area contributed by atoms with Crippen molar-refractivity contribution >= 4 is 50.4 Å². The highest BCUT2D eigenvalue weighted by atomic mass is 32.2. The molecule has 4 rings (SSSR count). The lowest BCUT2D eigenvalue weighted by Gasteiger charge is -2.16. The molecule has 1 atom stereocenters. The van der Waals surface area contributed by atoms with E-state index in [0.717, 1.165) is 39.6 Å². The lowest BCUT2D eigenvalue weighted by molar-refractivity contribution is -0.115. The molecule has 0 spiro atoms. The van der Waals surface area contributed by atoms with Crippen LogP contribution in [0.5, 0.6) is 0 Å². The summed E-state index contributed by atoms with van der Waals surface area (Å²) in [6, 6.07) is 12.2. The molecule has 1 amide bonds. The van der Waals surface area contributed by atoms with E-state index in [-0.39, 0.29) is 11.2 Å². The molecule has 0 unspecified atom stereocenters. The summed E-state index contributed by atoms with van der Waals surface area (Å²) in [5.74, 6) is 0.851. The molecule has 0 bridgehead atoms. The number of nitrogens with one attached hydrogen (secondary N) is 1. The Morgan fingerprint density at radius 2 is 2.04 bits per heavy atom. The van der Waals surface area contributed by atoms with Crippen LogP contribution in [-0.4, -0.2) is 25.8 Å². The van der Waals surface area contributed by atoms with Crippen molar-refractivity contribution in [2.75, 3.05) is 5.32 Å². The van der Waals surface area contributed by atoms with Crippen molar-refractivity contribution in [1.82, 2.24) is 14.6 Å². The van der Waals surface area contributed by atoms with Crippen LogP contribution in [0, 0.1) is 6.92 Å². The summed E-state index contributed by atoms with van der Waals surface area (Å²) < 4.78 is 3.33. The summed E-state index contributed by atoms with van der Waals surface area (Å²) in [5, 5.41) is 14.5. The number of aryl methyl sites for hydroxylation is 2. The van der Waals surface area contributed by atoms with Crippen molar-refractivity contribution in [2.24, 2.45) is 0 Å². The summed E-state index contributed by atoms with van der Waals surface area (Å²) in [7, 11) is 0. The monoisotopic (exact) mass is 410 g/mol. The Morgan fingerprint density at radius 1 is 1.21 bits per heavy atom. The fourth-order valence-electron chi connectivity index (χ4n) is 3.35. The largest absolute Gasteiger partial charge is 0.325 e. The summed E-state index contributed by atoms with van der Waals surface area (Å²) in [6.07, 6.45) is 1.59. The van der Waals surface area contributed by atoms with Gasteiger partial charge in [-0.3, -0.25) is 9.20 Å². The van der Waals surface area contributed by atoms with Crippen LogP contribution >= 0.6 is 23.1 Å². The normalized spacial score (nSPS) is 12.5. The number of benzene rings is 1. The summed E-state index contributed by atoms with van der Waals surface area (Å²) in [4.78, 5) is 13.0. The van der Waals surface area contributed by atoms with Gasteiger partial charge in [-0.25, -0.2) is 0 Å². The Labute approximate surface area is 172 Å². The van der Waals surface area contributed by atoms with Gasteiger partial charge in [-0.15, -0.1) is 21.5 Å². The van der Waals surface area contributed by atoms with Crippen molar-refractivity contribution in [1.29, 1.82) is 0 Å². The molecule has 0 aliphatic rings. The predicted molar refractivity (Wildman–Crippen MR) is 117 cm³/mol. The fraction of sp³-hybridized carbons (Fsp3) is 0.286. The van der Waals surface area contributed by atoms with E-state index in [1.807, 2.05) is 38.1 Å². The van der Waals surface area contributed by atoms with Crippen molar-refractivity contribution < 1.29 is 4.79 Å². The minimum absolute atomic E-state index is 0.00212. The number of para-hydroxylation sites is 1. The van der Waals surface area contributed by atoms with E-state index in [1.165, 1.54) is 16.5 Å². The van der Waals surface area contributed by atoms with Gasteiger partial charge in [0.1, 0.15) is 10.9 Å². The zero-order chi connectivity index (χ0) is 19.7. The zero-order valence-electron chi connectivity index (χ0n) is 16.1. The smallest absolute Gasteiger partial charge is 0.237 e. The number of fused-ring (bicyclic) bond motifs is 3. The molecule has 1 aromatic carbocycles. The number of aromatic nitrogens is 3. The standard InChI is InChI=1S/C21H22N4OS2/c1-4-14-8-6-7-9-15(14)22-20(26)18(5-2)28-21-17-12-19-16(10-11-27-19)25(17)13(3)23-24-21/h6-12,18H,4-5H2,1-3H3,(H,22,26)/t18-/m0/s1. The van der Waals surface area contributed by atoms with Gasteiger partial charge in [0.2, 0.25) is 5.91 Å². The maximum Gasteiger partial charge on any atom is 0.237 e. The van der Waals surface area contributed by atoms with Gasteiger partial charge in [-0.1, -0.05) is 43.8 Å². The zero-order valence-corrected chi connectivity index (χ0v) is 17.7. The van der Waals surface area contributed by atoms with Crippen LogP contribution in [0.2, 0.25) is 0 Å². The van der Waals surface area contributed by atoms with E-state index in [0.29, 0.717) is 6.42 Å². The molecule has 0 aliphatic carbocycles. The van der Waals surface area contributed by atoms with Gasteiger partial charge < -0.3 is 5.32 Å². The van der Waals surface area contributed by atoms with Gasteiger partial charge in [0.15, 0.2) is 0 Å². The second kappa shape index (κ2) is 7.93. The highest BCUT2D eigenvalue weighted by Gasteiger charge is 2.22. The van der Waals surface area contributed by atoms with Gasteiger partial charge in [-0.2, -0.15) is 0 Å². The van der Waals surface area contributed by atoms with Crippen LogP contribution in [0.15, 0.2) is 46.8 Å². The first kappa shape index (κ1) is 19.0. The quantitative estimate of drug-likeness (QED) is 0.437. The molecule has 0 saturated heterocycles. The van der Waals surface area contributed by atoms with Crippen LogP contribution in [0.25, 0.3) is 15.7 Å². The number of rotatable bonds is 6. The Bertz CT molecular complexity index is 1150. The number of nitrogens with zero attached hydrogens (tertiary/aromatic N) is 3. The molecule has 1 N–H and O–H groups in total. The minimum Gasteiger partial charge on any atom is -0.325 e. The molecule has 144 valence electrons.